The summed E-state index contributed by atoms with van der Waals surface area (Å²) in [5, 5.41) is 93.2. The molecule has 0 bridgehead atoms. The van der Waals surface area contributed by atoms with Gasteiger partial charge in [-0.25, -0.2) is 0 Å². The Morgan fingerprint density at radius 2 is 0.580 bits per heavy atom. The van der Waals surface area contributed by atoms with Crippen LogP contribution in [0, 0.1) is 102 Å². The smallest absolute Gasteiger partial charge is 0.309 e. The van der Waals surface area contributed by atoms with E-state index in [0.29, 0.717) is 94.2 Å². The number of hydrogen-bond acceptors (Lipinski definition) is 9. The van der Waals surface area contributed by atoms with Crippen LogP contribution in [0.3, 0.4) is 0 Å². The summed E-state index contributed by atoms with van der Waals surface area (Å²) >= 11 is 0. The molecule has 0 N–H and O–H groups in total. The van der Waals surface area contributed by atoms with Crippen molar-refractivity contribution in [2.75, 3.05) is 0 Å². The molecular weight excluding hydrogens is 1120 g/mol. The number of benzene rings is 10. The predicted octanol–water partition coefficient (Wildman–Crippen LogP) is 17.1. The maximum Gasteiger partial charge on any atom is 0.417 e. The summed E-state index contributed by atoms with van der Waals surface area (Å²) < 4.78 is 94.3. The standard InChI is InChI=1S/C71H29F6N11/c72-70(73,74)52-9-14-57(63(28-52)71(75,76)77)62-29-68(87-64-15-5-43(53-10-1-39(30-78)19-47(53)34-82)23-58(64)59-24-44(6-16-65(59)87)54-11-2-40(31-79)20-48(54)35-83)51(38-86)27-69(62)88-66-17-7-45(55-12-3-41(32-80)21-49(55)36-84)25-60(66)61-26-46(8-18-67(61)88)56-13-4-42(33-81)22-50(56)37-85/h1-29H. The lowest BCUT2D eigenvalue weighted by molar-refractivity contribution is -0.142. The monoisotopic (exact) mass is 1150 g/mol. The second-order valence-electron chi connectivity index (χ2n) is 20.3. The minimum absolute atomic E-state index is 0.0121. The molecule has 12 aromatic rings. The van der Waals surface area contributed by atoms with Crippen molar-refractivity contribution in [3.05, 3.63) is 237 Å². The molecule has 0 saturated carbocycles. The maximum atomic E-state index is 15.8. The van der Waals surface area contributed by atoms with E-state index >= 15 is 13.2 Å². The highest BCUT2D eigenvalue weighted by atomic mass is 19.4. The number of hydrogen-bond donors (Lipinski definition) is 0. The van der Waals surface area contributed by atoms with Gasteiger partial charge in [-0.05, 0) is 171 Å². The van der Waals surface area contributed by atoms with Gasteiger partial charge in [-0.3, -0.25) is 0 Å². The summed E-state index contributed by atoms with van der Waals surface area (Å²) in [5.41, 5.74) is 2.20. The Morgan fingerprint density at radius 3 is 0.875 bits per heavy atom. The summed E-state index contributed by atoms with van der Waals surface area (Å²) in [4.78, 5) is 0. The topological polar surface area (TPSA) is 224 Å². The first-order valence-electron chi connectivity index (χ1n) is 26.3. The average Bonchev–Trinajstić information content (AvgIpc) is 1.56. The lowest BCUT2D eigenvalue weighted by Gasteiger charge is -2.22. The number of alkyl halides is 6. The number of aromatic nitrogens is 2. The van der Waals surface area contributed by atoms with Gasteiger partial charge < -0.3 is 9.13 Å². The van der Waals surface area contributed by atoms with Gasteiger partial charge in [0.15, 0.2) is 0 Å². The second-order valence-corrected chi connectivity index (χ2v) is 20.3. The van der Waals surface area contributed by atoms with Gasteiger partial charge in [0.05, 0.1) is 143 Å². The molecule has 0 saturated heterocycles. The Kier molecular flexibility index (Phi) is 13.3. The predicted molar refractivity (Wildman–Crippen MR) is 315 cm³/mol. The van der Waals surface area contributed by atoms with E-state index in [-0.39, 0.29) is 73.1 Å². The summed E-state index contributed by atoms with van der Waals surface area (Å²) in [7, 11) is 0. The number of nitrogens with zero attached hydrogens (tertiary/aromatic N) is 11. The van der Waals surface area contributed by atoms with Crippen molar-refractivity contribution in [2.24, 2.45) is 0 Å². The second kappa shape index (κ2) is 21.2. The molecule has 410 valence electrons. The average molecular weight is 1150 g/mol. The molecule has 0 amide bonds. The molecule has 0 radical (unpaired) electrons. The largest absolute Gasteiger partial charge is 0.417 e. The molecule has 2 heterocycles. The van der Waals surface area contributed by atoms with Crippen LogP contribution >= 0.6 is 0 Å². The molecule has 12 rings (SSSR count). The number of rotatable bonds is 7. The Morgan fingerprint density at radius 1 is 0.261 bits per heavy atom. The minimum Gasteiger partial charge on any atom is -0.309 e. The van der Waals surface area contributed by atoms with E-state index in [9.17, 15) is 60.5 Å². The van der Waals surface area contributed by atoms with E-state index in [4.69, 9.17) is 0 Å². The van der Waals surface area contributed by atoms with Crippen LogP contribution in [0.2, 0.25) is 0 Å². The Labute approximate surface area is 495 Å². The zero-order valence-corrected chi connectivity index (χ0v) is 44.9. The number of fused-ring (bicyclic) bond motifs is 6. The van der Waals surface area contributed by atoms with E-state index in [1.54, 1.807) is 118 Å². The summed E-state index contributed by atoms with van der Waals surface area (Å²) in [5.74, 6) is 0. The van der Waals surface area contributed by atoms with Crippen molar-refractivity contribution < 1.29 is 26.3 Å². The molecule has 0 aliphatic rings. The molecule has 0 aliphatic heterocycles. The van der Waals surface area contributed by atoms with E-state index in [0.717, 1.165) is 6.07 Å². The normalized spacial score (nSPS) is 11.2. The molecule has 0 unspecified atom stereocenters. The third-order valence-corrected chi connectivity index (χ3v) is 15.5. The zero-order valence-electron chi connectivity index (χ0n) is 44.9. The minimum atomic E-state index is -5.41. The third kappa shape index (κ3) is 9.21. The molecule has 88 heavy (non-hydrogen) atoms. The van der Waals surface area contributed by atoms with Crippen LogP contribution in [0.1, 0.15) is 61.2 Å². The van der Waals surface area contributed by atoms with Crippen molar-refractivity contribution >= 4 is 43.6 Å². The van der Waals surface area contributed by atoms with Crippen molar-refractivity contribution in [1.29, 1.82) is 47.4 Å². The van der Waals surface area contributed by atoms with Crippen molar-refractivity contribution in [2.45, 2.75) is 12.4 Å². The fourth-order valence-corrected chi connectivity index (χ4v) is 11.5. The highest BCUT2D eigenvalue weighted by molar-refractivity contribution is 6.14. The van der Waals surface area contributed by atoms with E-state index in [1.165, 1.54) is 48.5 Å². The van der Waals surface area contributed by atoms with Gasteiger partial charge in [0.2, 0.25) is 0 Å². The first kappa shape index (κ1) is 55.3. The molecule has 17 heteroatoms. The van der Waals surface area contributed by atoms with Crippen molar-refractivity contribution in [3.63, 3.8) is 0 Å². The van der Waals surface area contributed by atoms with Gasteiger partial charge in [0.1, 0.15) is 6.07 Å². The van der Waals surface area contributed by atoms with Gasteiger partial charge in [-0.15, -0.1) is 0 Å². The number of halogens is 6. The maximum absolute atomic E-state index is 15.8. The molecule has 2 aromatic heterocycles. The molecular formula is C71H29F6N11. The first-order chi connectivity index (χ1) is 42.4. The SMILES string of the molecule is N#Cc1ccc(-c2ccc3c(c2)c2cc(-c4ccc(C#N)cc4C#N)ccc2n3-c2cc(-c3ccc(C(F)(F)F)cc3C(F)(F)F)c(-n3c4ccc(-c5ccc(C#N)cc5C#N)cc4c4cc(-c5ccc(C#N)cc5C#N)ccc43)cc2C#N)c(C#N)c1. The van der Waals surface area contributed by atoms with Gasteiger partial charge in [0.25, 0.3) is 0 Å². The zero-order chi connectivity index (χ0) is 61.9. The lowest BCUT2D eigenvalue weighted by atomic mass is 9.93. The molecule has 0 fully saturated rings. The first-order valence-corrected chi connectivity index (χ1v) is 26.3. The summed E-state index contributed by atoms with van der Waals surface area (Å²) in [6, 6.07) is 61.6. The van der Waals surface area contributed by atoms with Gasteiger partial charge in [-0.2, -0.15) is 73.7 Å². The molecule has 0 aliphatic carbocycles. The van der Waals surface area contributed by atoms with Crippen molar-refractivity contribution in [1.82, 2.24) is 9.13 Å². The van der Waals surface area contributed by atoms with Crippen LogP contribution in [0.25, 0.3) is 111 Å². The Hall–Kier alpha value is -13.2. The highest BCUT2D eigenvalue weighted by Crippen LogP contribution is 2.48. The molecule has 0 spiro atoms. The van der Waals surface area contributed by atoms with Crippen LogP contribution in [0.15, 0.2) is 176 Å². The highest BCUT2D eigenvalue weighted by Gasteiger charge is 2.39. The van der Waals surface area contributed by atoms with Gasteiger partial charge in [0, 0.05) is 27.1 Å². The Balaban J connectivity index is 1.21. The fourth-order valence-electron chi connectivity index (χ4n) is 11.5. The Bertz CT molecular complexity index is 5240. The lowest BCUT2D eigenvalue weighted by Crippen LogP contribution is -2.13. The van der Waals surface area contributed by atoms with Crippen LogP contribution < -0.4 is 0 Å². The number of nitriles is 9. The molecule has 0 atom stereocenters. The third-order valence-electron chi connectivity index (χ3n) is 15.5. The van der Waals surface area contributed by atoms with Crippen LogP contribution in [-0.4, -0.2) is 9.13 Å². The van der Waals surface area contributed by atoms with Gasteiger partial charge >= 0.3 is 12.4 Å². The summed E-state index contributed by atoms with van der Waals surface area (Å²) in [6.07, 6.45) is -10.6. The van der Waals surface area contributed by atoms with E-state index in [1.807, 2.05) is 24.3 Å². The van der Waals surface area contributed by atoms with Gasteiger partial charge in [-0.1, -0.05) is 54.6 Å². The van der Waals surface area contributed by atoms with Crippen LogP contribution in [0.5, 0.6) is 0 Å². The molecule has 11 nitrogen and oxygen atoms in total. The quantitative estimate of drug-likeness (QED) is 0.138. The van der Waals surface area contributed by atoms with Crippen LogP contribution in [0.4, 0.5) is 26.3 Å². The van der Waals surface area contributed by atoms with Crippen molar-refractivity contribution in [3.8, 4) is 122 Å². The van der Waals surface area contributed by atoms with E-state index < -0.39 is 29.0 Å². The molecule has 10 aromatic carbocycles. The van der Waals surface area contributed by atoms with E-state index in [2.05, 4.69) is 30.3 Å². The summed E-state index contributed by atoms with van der Waals surface area (Å²) in [6.45, 7) is 0. The van der Waals surface area contributed by atoms with Crippen LogP contribution in [-0.2, 0) is 12.4 Å². The fraction of sp³-hybridized carbons (Fsp3) is 0.0282.